The lowest BCUT2D eigenvalue weighted by atomic mass is 10.1. The maximum atomic E-state index is 4.62. The maximum Gasteiger partial charge on any atom is 0.155 e. The number of hydrogen-bond acceptors (Lipinski definition) is 6. The average Bonchev–Trinajstić information content (AvgIpc) is 3.55. The average molecular weight is 450 g/mol. The molecule has 9 nitrogen and oxygen atoms in total. The van der Waals surface area contributed by atoms with Crippen LogP contribution in [0.4, 0.5) is 0 Å². The summed E-state index contributed by atoms with van der Waals surface area (Å²) in [5.41, 5.74) is 8.33. The van der Waals surface area contributed by atoms with Crippen molar-refractivity contribution in [1.29, 1.82) is 0 Å². The molecule has 0 saturated heterocycles. The summed E-state index contributed by atoms with van der Waals surface area (Å²) < 4.78 is 2.01. The molecule has 0 unspecified atom stereocenters. The molecular weight excluding hydrogens is 426 g/mol. The number of H-pyrrole nitrogens is 2. The van der Waals surface area contributed by atoms with E-state index in [0.717, 1.165) is 68.1 Å². The van der Waals surface area contributed by atoms with Gasteiger partial charge in [-0.05, 0) is 50.8 Å². The van der Waals surface area contributed by atoms with Gasteiger partial charge in [-0.2, -0.15) is 5.10 Å². The zero-order valence-electron chi connectivity index (χ0n) is 19.1. The van der Waals surface area contributed by atoms with Crippen molar-refractivity contribution in [3.8, 4) is 28.2 Å². The van der Waals surface area contributed by atoms with Crippen LogP contribution in [0.1, 0.15) is 11.3 Å². The Kier molecular flexibility index (Phi) is 4.70. The first-order valence-electron chi connectivity index (χ1n) is 11.0. The van der Waals surface area contributed by atoms with E-state index >= 15 is 0 Å². The van der Waals surface area contributed by atoms with Crippen LogP contribution in [0.2, 0.25) is 0 Å². The summed E-state index contributed by atoms with van der Waals surface area (Å²) in [5, 5.41) is 9.56. The predicted octanol–water partition coefficient (Wildman–Crippen LogP) is 4.12. The second-order valence-corrected chi connectivity index (χ2v) is 8.71. The standard InChI is InChI=1S/C25H23N9/c1-15-12-34(14-29-15)22-4-5-27-24-19(22)8-21(30-24)23-20-7-18(11-28-25(20)32-31-23)17-6-16(9-26-10-17)13-33(2)3/h4-12,14H,13H2,1-3H3,(H,27,30)(H,28,31,32). The number of fused-ring (bicyclic) bond motifs is 2. The summed E-state index contributed by atoms with van der Waals surface area (Å²) in [6.07, 6.45) is 11.2. The monoisotopic (exact) mass is 449 g/mol. The molecule has 0 fully saturated rings. The number of imidazole rings is 1. The number of nitrogens with zero attached hydrogens (tertiary/aromatic N) is 7. The summed E-state index contributed by atoms with van der Waals surface area (Å²) >= 11 is 0. The number of nitrogens with one attached hydrogen (secondary N) is 2. The molecule has 0 aromatic carbocycles. The molecule has 0 aliphatic carbocycles. The van der Waals surface area contributed by atoms with E-state index in [4.69, 9.17) is 0 Å². The molecule has 0 amide bonds. The van der Waals surface area contributed by atoms with Gasteiger partial charge in [0.1, 0.15) is 11.3 Å². The lowest BCUT2D eigenvalue weighted by molar-refractivity contribution is 0.402. The van der Waals surface area contributed by atoms with E-state index in [-0.39, 0.29) is 0 Å². The SMILES string of the molecule is Cc1cn(-c2ccnc3[nH]c(-c4n[nH]c5ncc(-c6cncc(CN(C)C)c6)cc45)cc23)cn1. The fourth-order valence-electron chi connectivity index (χ4n) is 4.28. The van der Waals surface area contributed by atoms with Crippen molar-refractivity contribution >= 4 is 22.1 Å². The lowest BCUT2D eigenvalue weighted by Gasteiger charge is -2.10. The van der Waals surface area contributed by atoms with E-state index in [1.807, 2.05) is 62.8 Å². The number of pyridine rings is 3. The van der Waals surface area contributed by atoms with Crippen LogP contribution in [-0.4, -0.2) is 58.7 Å². The van der Waals surface area contributed by atoms with E-state index in [1.165, 1.54) is 0 Å². The second-order valence-electron chi connectivity index (χ2n) is 8.71. The highest BCUT2D eigenvalue weighted by Gasteiger charge is 2.16. The van der Waals surface area contributed by atoms with Crippen molar-refractivity contribution in [2.24, 2.45) is 0 Å². The van der Waals surface area contributed by atoms with Crippen LogP contribution < -0.4 is 0 Å². The predicted molar refractivity (Wildman–Crippen MR) is 131 cm³/mol. The van der Waals surface area contributed by atoms with Crippen LogP contribution >= 0.6 is 0 Å². The summed E-state index contributed by atoms with van der Waals surface area (Å²) in [6.45, 7) is 2.80. The van der Waals surface area contributed by atoms with Gasteiger partial charge in [0.05, 0.1) is 23.4 Å². The zero-order valence-corrected chi connectivity index (χ0v) is 19.1. The minimum atomic E-state index is 0.730. The van der Waals surface area contributed by atoms with Crippen LogP contribution in [0, 0.1) is 6.92 Å². The zero-order chi connectivity index (χ0) is 23.2. The van der Waals surface area contributed by atoms with Gasteiger partial charge in [0.15, 0.2) is 5.65 Å². The Morgan fingerprint density at radius 2 is 1.82 bits per heavy atom. The molecule has 2 N–H and O–H groups in total. The summed E-state index contributed by atoms with van der Waals surface area (Å²) in [7, 11) is 4.10. The van der Waals surface area contributed by atoms with Crippen molar-refractivity contribution in [2.75, 3.05) is 14.1 Å². The van der Waals surface area contributed by atoms with Gasteiger partial charge in [-0.25, -0.2) is 15.0 Å². The van der Waals surface area contributed by atoms with Crippen molar-refractivity contribution in [3.05, 3.63) is 72.8 Å². The largest absolute Gasteiger partial charge is 0.338 e. The third kappa shape index (κ3) is 3.52. The Morgan fingerprint density at radius 3 is 2.65 bits per heavy atom. The third-order valence-electron chi connectivity index (χ3n) is 5.80. The molecule has 9 heteroatoms. The Bertz CT molecular complexity index is 1640. The number of aromatic nitrogens is 8. The summed E-state index contributed by atoms with van der Waals surface area (Å²) in [6, 6.07) is 8.32. The van der Waals surface area contributed by atoms with E-state index in [0.29, 0.717) is 0 Å². The Balaban J connectivity index is 1.45. The van der Waals surface area contributed by atoms with E-state index in [1.54, 1.807) is 6.20 Å². The van der Waals surface area contributed by atoms with Crippen LogP contribution in [-0.2, 0) is 6.54 Å². The molecule has 6 aromatic heterocycles. The fourth-order valence-corrected chi connectivity index (χ4v) is 4.28. The van der Waals surface area contributed by atoms with Gasteiger partial charge < -0.3 is 14.5 Å². The molecule has 6 rings (SSSR count). The molecule has 6 heterocycles. The molecule has 0 aliphatic rings. The van der Waals surface area contributed by atoms with Gasteiger partial charge in [0.25, 0.3) is 0 Å². The molecule has 34 heavy (non-hydrogen) atoms. The Morgan fingerprint density at radius 1 is 0.941 bits per heavy atom. The number of hydrogen-bond donors (Lipinski definition) is 2. The molecule has 168 valence electrons. The Hall–Kier alpha value is -4.37. The molecule has 0 spiro atoms. The van der Waals surface area contributed by atoms with Gasteiger partial charge in [-0.3, -0.25) is 10.1 Å². The van der Waals surface area contributed by atoms with Crippen LogP contribution in [0.15, 0.2) is 61.6 Å². The van der Waals surface area contributed by atoms with Crippen LogP contribution in [0.25, 0.3) is 50.3 Å². The molecule has 6 aromatic rings. The van der Waals surface area contributed by atoms with Gasteiger partial charge >= 0.3 is 0 Å². The minimum Gasteiger partial charge on any atom is -0.338 e. The normalized spacial score (nSPS) is 11.8. The van der Waals surface area contributed by atoms with Crippen LogP contribution in [0.3, 0.4) is 0 Å². The number of aromatic amines is 2. The number of aryl methyl sites for hydroxylation is 1. The van der Waals surface area contributed by atoms with Crippen molar-refractivity contribution in [2.45, 2.75) is 13.5 Å². The lowest BCUT2D eigenvalue weighted by Crippen LogP contribution is -2.10. The Labute approximate surface area is 195 Å². The smallest absolute Gasteiger partial charge is 0.155 e. The van der Waals surface area contributed by atoms with Gasteiger partial charge in [0.2, 0.25) is 0 Å². The second kappa shape index (κ2) is 7.89. The molecule has 0 radical (unpaired) electrons. The van der Waals surface area contributed by atoms with Crippen molar-refractivity contribution in [3.63, 3.8) is 0 Å². The maximum absolute atomic E-state index is 4.62. The van der Waals surface area contributed by atoms with Crippen molar-refractivity contribution in [1.82, 2.24) is 44.6 Å². The summed E-state index contributed by atoms with van der Waals surface area (Å²) in [4.78, 5) is 23.5. The first-order chi connectivity index (χ1) is 16.5. The van der Waals surface area contributed by atoms with E-state index in [9.17, 15) is 0 Å². The number of rotatable bonds is 5. The highest BCUT2D eigenvalue weighted by atomic mass is 15.2. The highest BCUT2D eigenvalue weighted by molar-refractivity contribution is 5.97. The molecule has 0 atom stereocenters. The van der Waals surface area contributed by atoms with E-state index < -0.39 is 0 Å². The highest BCUT2D eigenvalue weighted by Crippen LogP contribution is 2.32. The summed E-state index contributed by atoms with van der Waals surface area (Å²) in [5.74, 6) is 0. The fraction of sp³-hybridized carbons (Fsp3) is 0.160. The molecule has 0 bridgehead atoms. The van der Waals surface area contributed by atoms with E-state index in [2.05, 4.69) is 58.2 Å². The first-order valence-corrected chi connectivity index (χ1v) is 11.0. The quantitative estimate of drug-likeness (QED) is 0.410. The topological polar surface area (TPSA) is 104 Å². The van der Waals surface area contributed by atoms with Gasteiger partial charge in [-0.1, -0.05) is 0 Å². The molecule has 0 saturated carbocycles. The van der Waals surface area contributed by atoms with Crippen molar-refractivity contribution < 1.29 is 0 Å². The first kappa shape index (κ1) is 20.3. The van der Waals surface area contributed by atoms with Crippen LogP contribution in [0.5, 0.6) is 0 Å². The minimum absolute atomic E-state index is 0.730. The van der Waals surface area contributed by atoms with Gasteiger partial charge in [-0.15, -0.1) is 0 Å². The third-order valence-corrected chi connectivity index (χ3v) is 5.80. The molecular formula is C25H23N9. The molecule has 0 aliphatic heterocycles. The van der Waals surface area contributed by atoms with Gasteiger partial charge in [0, 0.05) is 59.4 Å².